The number of aryl methyl sites for hydroxylation is 2. The van der Waals surface area contributed by atoms with Crippen molar-refractivity contribution < 1.29 is 4.74 Å². The van der Waals surface area contributed by atoms with Crippen LogP contribution in [0.15, 0.2) is 24.3 Å². The first-order valence-electron chi connectivity index (χ1n) is 7.36. The number of ether oxygens (including phenoxy) is 1. The molecule has 0 aliphatic heterocycles. The fraction of sp³-hybridized carbons (Fsp3) is 0.471. The third-order valence-electron chi connectivity index (χ3n) is 3.99. The molecule has 114 valence electrons. The summed E-state index contributed by atoms with van der Waals surface area (Å²) in [7, 11) is 3.68. The largest absolute Gasteiger partial charge is 0.497 e. The summed E-state index contributed by atoms with van der Waals surface area (Å²) in [5, 5.41) is 8.04. The van der Waals surface area contributed by atoms with Crippen LogP contribution in [-0.4, -0.2) is 22.9 Å². The molecule has 0 saturated heterocycles. The van der Waals surface area contributed by atoms with Crippen LogP contribution in [0.25, 0.3) is 0 Å². The minimum absolute atomic E-state index is 0.414. The van der Waals surface area contributed by atoms with E-state index >= 15 is 0 Å². The molecule has 0 radical (unpaired) electrons. The molecule has 21 heavy (non-hydrogen) atoms. The molecule has 4 nitrogen and oxygen atoms in total. The van der Waals surface area contributed by atoms with Crippen molar-refractivity contribution in [3.63, 3.8) is 0 Å². The number of methoxy groups -OCH3 is 1. The van der Waals surface area contributed by atoms with Gasteiger partial charge in [-0.15, -0.1) is 0 Å². The van der Waals surface area contributed by atoms with Crippen molar-refractivity contribution >= 4 is 0 Å². The van der Waals surface area contributed by atoms with E-state index in [9.17, 15) is 0 Å². The summed E-state index contributed by atoms with van der Waals surface area (Å²) in [6.45, 7) is 7.26. The molecule has 0 aliphatic carbocycles. The monoisotopic (exact) mass is 287 g/mol. The van der Waals surface area contributed by atoms with Crippen molar-refractivity contribution in [3.8, 4) is 5.75 Å². The lowest BCUT2D eigenvalue weighted by Crippen LogP contribution is -2.28. The molecule has 1 N–H and O–H groups in total. The highest BCUT2D eigenvalue weighted by Crippen LogP contribution is 2.14. The molecule has 4 heteroatoms. The maximum Gasteiger partial charge on any atom is 0.118 e. The lowest BCUT2D eigenvalue weighted by Gasteiger charge is -2.14. The first-order chi connectivity index (χ1) is 10.0. The van der Waals surface area contributed by atoms with Crippen LogP contribution in [-0.2, 0) is 20.0 Å². The van der Waals surface area contributed by atoms with Crippen LogP contribution in [0.1, 0.15) is 29.4 Å². The highest BCUT2D eigenvalue weighted by atomic mass is 16.5. The molecule has 1 aromatic carbocycles. The summed E-state index contributed by atoms with van der Waals surface area (Å²) >= 11 is 0. The summed E-state index contributed by atoms with van der Waals surface area (Å²) in [5.74, 6) is 0.904. The number of rotatable bonds is 6. The predicted molar refractivity (Wildman–Crippen MR) is 85.7 cm³/mol. The number of nitrogens with zero attached hydrogens (tertiary/aromatic N) is 2. The van der Waals surface area contributed by atoms with Gasteiger partial charge in [0.05, 0.1) is 12.8 Å². The van der Waals surface area contributed by atoms with Gasteiger partial charge in [0.15, 0.2) is 0 Å². The fourth-order valence-corrected chi connectivity index (χ4v) is 2.54. The van der Waals surface area contributed by atoms with E-state index in [1.165, 1.54) is 16.8 Å². The van der Waals surface area contributed by atoms with Crippen molar-refractivity contribution in [2.45, 2.75) is 39.8 Å². The average Bonchev–Trinajstić information content (AvgIpc) is 2.71. The number of hydrogen-bond acceptors (Lipinski definition) is 3. The molecule has 0 saturated carbocycles. The number of benzene rings is 1. The maximum atomic E-state index is 5.18. The Balaban J connectivity index is 1.90. The molecule has 2 aromatic rings. The van der Waals surface area contributed by atoms with Gasteiger partial charge in [-0.2, -0.15) is 5.10 Å². The third kappa shape index (κ3) is 3.85. The van der Waals surface area contributed by atoms with Crippen molar-refractivity contribution in [3.05, 3.63) is 46.8 Å². The maximum absolute atomic E-state index is 5.18. The van der Waals surface area contributed by atoms with E-state index in [0.29, 0.717) is 6.04 Å². The van der Waals surface area contributed by atoms with E-state index in [4.69, 9.17) is 4.74 Å². The molecular formula is C17H25N3O. The molecule has 0 amide bonds. The van der Waals surface area contributed by atoms with Gasteiger partial charge in [0.1, 0.15) is 5.75 Å². The fourth-order valence-electron chi connectivity index (χ4n) is 2.54. The smallest absolute Gasteiger partial charge is 0.118 e. The van der Waals surface area contributed by atoms with Crippen LogP contribution >= 0.6 is 0 Å². The molecular weight excluding hydrogens is 262 g/mol. The predicted octanol–water partition coefficient (Wildman–Crippen LogP) is 2.77. The standard InChI is InChI=1S/C17H25N3O/c1-12(10-15-6-8-16(21-5)9-7-15)18-11-17-13(2)19-20(4)14(17)3/h6-9,12,18H,10-11H2,1-5H3. The number of hydrogen-bond donors (Lipinski definition) is 1. The van der Waals surface area contributed by atoms with Gasteiger partial charge < -0.3 is 10.1 Å². The van der Waals surface area contributed by atoms with Crippen LogP contribution in [0.5, 0.6) is 5.75 Å². The SMILES string of the molecule is COc1ccc(CC(C)NCc2c(C)nn(C)c2C)cc1. The van der Waals surface area contributed by atoms with E-state index in [1.807, 2.05) is 23.9 Å². The Hall–Kier alpha value is -1.81. The minimum Gasteiger partial charge on any atom is -0.497 e. The van der Waals surface area contributed by atoms with Gasteiger partial charge in [-0.05, 0) is 44.9 Å². The van der Waals surface area contributed by atoms with Crippen LogP contribution in [0.2, 0.25) is 0 Å². The van der Waals surface area contributed by atoms with Gasteiger partial charge >= 0.3 is 0 Å². The molecule has 1 atom stereocenters. The van der Waals surface area contributed by atoms with Gasteiger partial charge in [0.2, 0.25) is 0 Å². The molecule has 0 aliphatic rings. The summed E-state index contributed by atoms with van der Waals surface area (Å²) in [5.41, 5.74) is 4.96. The summed E-state index contributed by atoms with van der Waals surface area (Å²) in [6, 6.07) is 8.68. The van der Waals surface area contributed by atoms with Crippen LogP contribution < -0.4 is 10.1 Å². The quantitative estimate of drug-likeness (QED) is 0.888. The summed E-state index contributed by atoms with van der Waals surface area (Å²) in [4.78, 5) is 0. The average molecular weight is 287 g/mol. The Morgan fingerprint density at radius 2 is 1.90 bits per heavy atom. The Bertz CT molecular complexity index is 587. The van der Waals surface area contributed by atoms with E-state index in [-0.39, 0.29) is 0 Å². The van der Waals surface area contributed by atoms with E-state index in [1.54, 1.807) is 7.11 Å². The van der Waals surface area contributed by atoms with Crippen molar-refractivity contribution in [1.82, 2.24) is 15.1 Å². The highest BCUT2D eigenvalue weighted by Gasteiger charge is 2.10. The van der Waals surface area contributed by atoms with Crippen LogP contribution in [0.3, 0.4) is 0 Å². The lowest BCUT2D eigenvalue weighted by atomic mass is 10.1. The molecule has 1 unspecified atom stereocenters. The zero-order valence-corrected chi connectivity index (χ0v) is 13.6. The van der Waals surface area contributed by atoms with Gasteiger partial charge in [-0.25, -0.2) is 0 Å². The van der Waals surface area contributed by atoms with Crippen LogP contribution in [0, 0.1) is 13.8 Å². The van der Waals surface area contributed by atoms with E-state index in [0.717, 1.165) is 24.4 Å². The molecule has 1 aromatic heterocycles. The second kappa shape index (κ2) is 6.76. The van der Waals surface area contributed by atoms with Crippen molar-refractivity contribution in [1.29, 1.82) is 0 Å². The van der Waals surface area contributed by atoms with Gasteiger partial charge in [-0.3, -0.25) is 4.68 Å². The second-order valence-corrected chi connectivity index (χ2v) is 5.61. The van der Waals surface area contributed by atoms with Crippen molar-refractivity contribution in [2.75, 3.05) is 7.11 Å². The van der Waals surface area contributed by atoms with Gasteiger partial charge in [0, 0.05) is 30.9 Å². The van der Waals surface area contributed by atoms with E-state index < -0.39 is 0 Å². The minimum atomic E-state index is 0.414. The third-order valence-corrected chi connectivity index (χ3v) is 3.99. The van der Waals surface area contributed by atoms with Crippen molar-refractivity contribution in [2.24, 2.45) is 7.05 Å². The topological polar surface area (TPSA) is 39.1 Å². The lowest BCUT2D eigenvalue weighted by molar-refractivity contribution is 0.414. The van der Waals surface area contributed by atoms with Gasteiger partial charge in [0.25, 0.3) is 0 Å². The normalized spacial score (nSPS) is 12.4. The van der Waals surface area contributed by atoms with E-state index in [2.05, 4.69) is 43.3 Å². The first kappa shape index (κ1) is 15.6. The summed E-state index contributed by atoms with van der Waals surface area (Å²) < 4.78 is 7.13. The molecule has 0 spiro atoms. The first-order valence-corrected chi connectivity index (χ1v) is 7.36. The molecule has 2 rings (SSSR count). The zero-order chi connectivity index (χ0) is 15.4. The molecule has 1 heterocycles. The Morgan fingerprint density at radius 1 is 1.24 bits per heavy atom. The van der Waals surface area contributed by atoms with Crippen LogP contribution in [0.4, 0.5) is 0 Å². The Morgan fingerprint density at radius 3 is 2.43 bits per heavy atom. The Kier molecular flexibility index (Phi) is 5.02. The van der Waals surface area contributed by atoms with Gasteiger partial charge in [-0.1, -0.05) is 12.1 Å². The zero-order valence-electron chi connectivity index (χ0n) is 13.6. The Labute approximate surface area is 127 Å². The highest BCUT2D eigenvalue weighted by molar-refractivity contribution is 5.28. The summed E-state index contributed by atoms with van der Waals surface area (Å²) in [6.07, 6.45) is 1.00. The second-order valence-electron chi connectivity index (χ2n) is 5.61. The number of nitrogens with one attached hydrogen (secondary N) is 1. The molecule has 0 bridgehead atoms. The molecule has 0 fully saturated rings. The number of aromatic nitrogens is 2.